The molecule has 0 radical (unpaired) electrons. The van der Waals surface area contributed by atoms with Gasteiger partial charge < -0.3 is 24.1 Å². The molecule has 2 aromatic carbocycles. The average Bonchev–Trinajstić information content (AvgIpc) is 3.09. The number of unbranched alkanes of at least 4 members (excludes halogenated alkanes) is 16. The Bertz CT molecular complexity index is 1400. The predicted octanol–water partition coefficient (Wildman–Crippen LogP) is 10.9. The molecule has 0 spiro atoms. The summed E-state index contributed by atoms with van der Waals surface area (Å²) in [5.74, 6) is -1.23. The number of hydrogen-bond acceptors (Lipinski definition) is 9. The van der Waals surface area contributed by atoms with Gasteiger partial charge in [-0.3, -0.25) is 19.2 Å². The van der Waals surface area contributed by atoms with Gasteiger partial charge in [0.2, 0.25) is 0 Å². The van der Waals surface area contributed by atoms with Crippen LogP contribution in [0.5, 0.6) is 23.0 Å². The van der Waals surface area contributed by atoms with E-state index in [2.05, 4.69) is 13.8 Å². The number of aliphatic hydroxyl groups excluding tert-OH is 1. The summed E-state index contributed by atoms with van der Waals surface area (Å²) in [5.41, 5.74) is 0.733. The molecular formula is C43H62O9. The zero-order valence-corrected chi connectivity index (χ0v) is 32.1. The van der Waals surface area contributed by atoms with Crippen molar-refractivity contribution in [2.45, 2.75) is 162 Å². The highest BCUT2D eigenvalue weighted by molar-refractivity contribution is 5.76. The number of esters is 4. The largest absolute Gasteiger partial charge is 0.427 e. The minimum absolute atomic E-state index is 0.0326. The molecule has 0 heterocycles. The van der Waals surface area contributed by atoms with E-state index in [4.69, 9.17) is 18.9 Å². The molecule has 52 heavy (non-hydrogen) atoms. The van der Waals surface area contributed by atoms with E-state index in [0.717, 1.165) is 38.5 Å². The number of ether oxygens (including phenoxy) is 4. The maximum absolute atomic E-state index is 12.9. The number of benzene rings is 2. The lowest BCUT2D eigenvalue weighted by molar-refractivity contribution is -0.135. The Morgan fingerprint density at radius 3 is 1.52 bits per heavy atom. The van der Waals surface area contributed by atoms with Crippen molar-refractivity contribution in [3.05, 3.63) is 53.6 Å². The highest BCUT2D eigenvalue weighted by Gasteiger charge is 2.17. The Hall–Kier alpha value is -3.98. The van der Waals surface area contributed by atoms with E-state index in [1.54, 1.807) is 18.2 Å². The molecule has 0 aromatic heterocycles. The van der Waals surface area contributed by atoms with Crippen LogP contribution in [-0.2, 0) is 19.2 Å². The van der Waals surface area contributed by atoms with Crippen LogP contribution in [0, 0.1) is 0 Å². The molecule has 9 heteroatoms. The van der Waals surface area contributed by atoms with E-state index in [1.165, 1.54) is 115 Å². The summed E-state index contributed by atoms with van der Waals surface area (Å²) in [6.45, 7) is 6.90. The van der Waals surface area contributed by atoms with Gasteiger partial charge in [0, 0.05) is 49.9 Å². The molecule has 0 aliphatic heterocycles. The predicted molar refractivity (Wildman–Crippen MR) is 204 cm³/mol. The van der Waals surface area contributed by atoms with Gasteiger partial charge in [-0.2, -0.15) is 0 Å². The number of carbonyl (C=O) groups is 4. The minimum Gasteiger partial charge on any atom is -0.427 e. The second kappa shape index (κ2) is 26.7. The molecule has 1 atom stereocenters. The van der Waals surface area contributed by atoms with Crippen molar-refractivity contribution in [1.29, 1.82) is 0 Å². The molecule has 0 aliphatic carbocycles. The fourth-order valence-electron chi connectivity index (χ4n) is 5.85. The number of hydrogen-bond donors (Lipinski definition) is 1. The van der Waals surface area contributed by atoms with Gasteiger partial charge in [-0.15, -0.1) is 0 Å². The summed E-state index contributed by atoms with van der Waals surface area (Å²) in [6, 6.07) is 9.13. The summed E-state index contributed by atoms with van der Waals surface area (Å²) in [5, 5.41) is 11.1. The van der Waals surface area contributed by atoms with Crippen LogP contribution in [-0.4, -0.2) is 29.0 Å². The summed E-state index contributed by atoms with van der Waals surface area (Å²) in [6.07, 6.45) is 22.9. The molecule has 288 valence electrons. The van der Waals surface area contributed by atoms with Gasteiger partial charge in [0.05, 0.1) is 0 Å². The van der Waals surface area contributed by atoms with E-state index in [1.807, 2.05) is 0 Å². The van der Waals surface area contributed by atoms with Gasteiger partial charge in [0.25, 0.3) is 0 Å². The van der Waals surface area contributed by atoms with Gasteiger partial charge in [0.15, 0.2) is 0 Å². The fourth-order valence-corrected chi connectivity index (χ4v) is 5.85. The molecule has 1 N–H and O–H groups in total. The first-order valence-corrected chi connectivity index (χ1v) is 19.5. The van der Waals surface area contributed by atoms with Gasteiger partial charge in [-0.05, 0) is 37.1 Å². The molecule has 0 amide bonds. The minimum atomic E-state index is -1.24. The first-order chi connectivity index (χ1) is 25.1. The Morgan fingerprint density at radius 2 is 1.00 bits per heavy atom. The Kier molecular flexibility index (Phi) is 22.7. The second-order valence-corrected chi connectivity index (χ2v) is 13.5. The van der Waals surface area contributed by atoms with Crippen LogP contribution in [0.4, 0.5) is 0 Å². The van der Waals surface area contributed by atoms with Crippen molar-refractivity contribution in [2.24, 2.45) is 0 Å². The van der Waals surface area contributed by atoms with Crippen molar-refractivity contribution < 1.29 is 43.2 Å². The molecule has 1 unspecified atom stereocenters. The average molecular weight is 723 g/mol. The van der Waals surface area contributed by atoms with E-state index in [0.29, 0.717) is 18.4 Å². The quantitative estimate of drug-likeness (QED) is 0.0544. The van der Waals surface area contributed by atoms with Crippen LogP contribution in [0.25, 0.3) is 6.08 Å². The van der Waals surface area contributed by atoms with Crippen LogP contribution in [0.1, 0.15) is 173 Å². The summed E-state index contributed by atoms with van der Waals surface area (Å²) < 4.78 is 21.8. The third-order valence-corrected chi connectivity index (χ3v) is 8.69. The molecule has 9 nitrogen and oxygen atoms in total. The van der Waals surface area contributed by atoms with Crippen LogP contribution < -0.4 is 18.9 Å². The summed E-state index contributed by atoms with van der Waals surface area (Å²) in [7, 11) is 0. The smallest absolute Gasteiger partial charge is 0.311 e. The van der Waals surface area contributed by atoms with Crippen molar-refractivity contribution >= 4 is 30.0 Å². The lowest BCUT2D eigenvalue weighted by Crippen LogP contribution is -2.10. The van der Waals surface area contributed by atoms with Crippen molar-refractivity contribution in [3.8, 4) is 23.0 Å². The zero-order valence-electron chi connectivity index (χ0n) is 32.1. The zero-order chi connectivity index (χ0) is 38.0. The lowest BCUT2D eigenvalue weighted by Gasteiger charge is -2.14. The fraction of sp³-hybridized carbons (Fsp3) is 0.581. The van der Waals surface area contributed by atoms with E-state index >= 15 is 0 Å². The number of carbonyl (C=O) groups excluding carboxylic acids is 4. The molecule has 0 saturated heterocycles. The van der Waals surface area contributed by atoms with Crippen LogP contribution in [0.15, 0.2) is 42.5 Å². The van der Waals surface area contributed by atoms with E-state index < -0.39 is 24.0 Å². The first kappa shape index (κ1) is 44.2. The molecular weight excluding hydrogens is 660 g/mol. The second-order valence-electron chi connectivity index (χ2n) is 13.5. The first-order valence-electron chi connectivity index (χ1n) is 19.5. The van der Waals surface area contributed by atoms with Gasteiger partial charge in [-0.1, -0.05) is 129 Å². The number of aliphatic hydroxyl groups is 1. The lowest BCUT2D eigenvalue weighted by atomic mass is 10.1. The van der Waals surface area contributed by atoms with Gasteiger partial charge in [0.1, 0.15) is 29.1 Å². The van der Waals surface area contributed by atoms with Gasteiger partial charge >= 0.3 is 23.9 Å². The highest BCUT2D eigenvalue weighted by Crippen LogP contribution is 2.33. The Morgan fingerprint density at radius 1 is 0.558 bits per heavy atom. The van der Waals surface area contributed by atoms with E-state index in [9.17, 15) is 24.3 Å². The van der Waals surface area contributed by atoms with Crippen LogP contribution >= 0.6 is 0 Å². The number of rotatable bonds is 27. The highest BCUT2D eigenvalue weighted by atomic mass is 16.6. The summed E-state index contributed by atoms with van der Waals surface area (Å²) >= 11 is 0. The van der Waals surface area contributed by atoms with Crippen molar-refractivity contribution in [1.82, 2.24) is 0 Å². The summed E-state index contributed by atoms with van der Waals surface area (Å²) in [4.78, 5) is 48.8. The SMILES string of the molecule is CCCCCCCCCCCC(=O)Oc1ccc(C=CC(O)c2ccc(OC(C)=O)cc2OC(C)=O)c(OC(=O)CCCCCCCCCCC)c1. The Labute approximate surface area is 311 Å². The molecule has 2 rings (SSSR count). The maximum Gasteiger partial charge on any atom is 0.311 e. The molecule has 0 bridgehead atoms. The van der Waals surface area contributed by atoms with Crippen LogP contribution in [0.2, 0.25) is 0 Å². The van der Waals surface area contributed by atoms with Crippen molar-refractivity contribution in [3.63, 3.8) is 0 Å². The monoisotopic (exact) mass is 722 g/mol. The topological polar surface area (TPSA) is 125 Å². The molecule has 0 saturated carbocycles. The molecule has 0 aliphatic rings. The Balaban J connectivity index is 2.10. The van der Waals surface area contributed by atoms with E-state index in [-0.39, 0.29) is 41.0 Å². The van der Waals surface area contributed by atoms with Crippen LogP contribution in [0.3, 0.4) is 0 Å². The third kappa shape index (κ3) is 19.6. The molecule has 2 aromatic rings. The standard InChI is InChI=1S/C43H62O9/c1-5-7-9-11-13-15-17-19-21-23-42(47)51-37-27-25-35(40(31-37)52-43(48)24-22-20-18-16-14-12-10-8-6-2)26-30-39(46)38-29-28-36(49-33(3)44)32-41(38)50-34(4)45/h25-32,39,46H,5-24H2,1-4H3. The molecule has 0 fully saturated rings. The maximum atomic E-state index is 12.9. The van der Waals surface area contributed by atoms with Gasteiger partial charge in [-0.25, -0.2) is 0 Å². The normalized spacial score (nSPS) is 11.7. The third-order valence-electron chi connectivity index (χ3n) is 8.69. The van der Waals surface area contributed by atoms with Crippen molar-refractivity contribution in [2.75, 3.05) is 0 Å².